The third kappa shape index (κ3) is 5.65. The van der Waals surface area contributed by atoms with Crippen molar-refractivity contribution >= 4 is 35.3 Å². The number of hydrogen-bond acceptors (Lipinski definition) is 5. The molecule has 0 saturated heterocycles. The largest absolute Gasteiger partial charge is 0.481 e. The van der Waals surface area contributed by atoms with E-state index in [9.17, 15) is 14.4 Å². The highest BCUT2D eigenvalue weighted by molar-refractivity contribution is 6.30. The van der Waals surface area contributed by atoms with E-state index in [-0.39, 0.29) is 6.54 Å². The maximum atomic E-state index is 11.7. The fourth-order valence-corrected chi connectivity index (χ4v) is 1.62. The Morgan fingerprint density at radius 1 is 1.38 bits per heavy atom. The molecule has 3 N–H and O–H groups in total. The molecule has 0 saturated carbocycles. The van der Waals surface area contributed by atoms with Gasteiger partial charge in [-0.25, -0.2) is 9.78 Å². The first-order chi connectivity index (χ1) is 9.79. The molecule has 0 spiro atoms. The van der Waals surface area contributed by atoms with Gasteiger partial charge in [-0.2, -0.15) is 0 Å². The highest BCUT2D eigenvalue weighted by Gasteiger charge is 2.23. The van der Waals surface area contributed by atoms with Gasteiger partial charge in [0, 0.05) is 13.2 Å². The number of likely N-dealkylation sites (N-methyl/N-ethyl adjacent to an activating group) is 1. The molecule has 0 radical (unpaired) electrons. The van der Waals surface area contributed by atoms with Crippen molar-refractivity contribution in [3.8, 4) is 0 Å². The van der Waals surface area contributed by atoms with Gasteiger partial charge < -0.3 is 20.4 Å². The summed E-state index contributed by atoms with van der Waals surface area (Å²) in [6.45, 7) is -0.169. The molecule has 1 heterocycles. The number of carbonyl (C=O) groups is 3. The molecule has 1 amide bonds. The van der Waals surface area contributed by atoms with Gasteiger partial charge in [-0.3, -0.25) is 9.59 Å². The molecule has 1 rings (SSSR count). The summed E-state index contributed by atoms with van der Waals surface area (Å²) in [5.74, 6) is -2.86. The normalized spacial score (nSPS) is 11.5. The van der Waals surface area contributed by atoms with Crippen molar-refractivity contribution < 1.29 is 24.6 Å². The number of aliphatic carboxylic acids is 2. The number of aromatic nitrogens is 1. The Labute approximate surface area is 125 Å². The Morgan fingerprint density at radius 2 is 2.05 bits per heavy atom. The Morgan fingerprint density at radius 3 is 2.52 bits per heavy atom. The number of nitrogens with one attached hydrogen (secondary N) is 1. The lowest BCUT2D eigenvalue weighted by molar-refractivity contribution is -0.147. The molecule has 0 aromatic carbocycles. The van der Waals surface area contributed by atoms with Gasteiger partial charge in [0.1, 0.15) is 11.9 Å². The standard InChI is InChI=1S/C12H14ClN3O5/c1-16(9-3-2-7(13)5-14-9)6-10(17)15-8(12(20)21)4-11(18)19/h2-3,5,8H,4,6H2,1H3,(H,15,17)(H,18,19)(H,20,21)/t8-/m1/s1. The topological polar surface area (TPSA) is 120 Å². The number of amides is 1. The number of carboxylic acids is 2. The van der Waals surface area contributed by atoms with Crippen LogP contribution in [0, 0.1) is 0 Å². The minimum atomic E-state index is -1.47. The molecule has 1 aromatic rings. The predicted molar refractivity (Wildman–Crippen MR) is 74.3 cm³/mol. The fourth-order valence-electron chi connectivity index (χ4n) is 1.50. The number of carboxylic acid groups (broad SMARTS) is 2. The molecule has 21 heavy (non-hydrogen) atoms. The van der Waals surface area contributed by atoms with Crippen molar-refractivity contribution in [2.24, 2.45) is 0 Å². The van der Waals surface area contributed by atoms with Crippen LogP contribution in [0.25, 0.3) is 0 Å². The quantitative estimate of drug-likeness (QED) is 0.658. The molecule has 0 unspecified atom stereocenters. The summed E-state index contributed by atoms with van der Waals surface area (Å²) in [5, 5.41) is 20.0. The summed E-state index contributed by atoms with van der Waals surface area (Å²) in [6, 6.07) is 1.73. The van der Waals surface area contributed by atoms with Crippen LogP contribution in [0.1, 0.15) is 6.42 Å². The maximum absolute atomic E-state index is 11.7. The average Bonchev–Trinajstić information content (AvgIpc) is 2.37. The third-order valence-corrected chi connectivity index (χ3v) is 2.72. The summed E-state index contributed by atoms with van der Waals surface area (Å²) in [6.07, 6.45) is 0.722. The minimum absolute atomic E-state index is 0.169. The van der Waals surface area contributed by atoms with Gasteiger partial charge in [-0.05, 0) is 12.1 Å². The molecule has 8 nitrogen and oxygen atoms in total. The van der Waals surface area contributed by atoms with Crippen molar-refractivity contribution in [2.75, 3.05) is 18.5 Å². The van der Waals surface area contributed by atoms with Crippen LogP contribution in [0.4, 0.5) is 5.82 Å². The zero-order valence-corrected chi connectivity index (χ0v) is 11.9. The summed E-state index contributed by atoms with van der Waals surface area (Å²) in [5.41, 5.74) is 0. The van der Waals surface area contributed by atoms with Gasteiger partial charge >= 0.3 is 11.9 Å². The lowest BCUT2D eigenvalue weighted by atomic mass is 10.2. The Kier molecular flexibility index (Phi) is 5.92. The van der Waals surface area contributed by atoms with E-state index in [0.717, 1.165) is 0 Å². The van der Waals surface area contributed by atoms with E-state index in [0.29, 0.717) is 10.8 Å². The van der Waals surface area contributed by atoms with Crippen LogP contribution in [0.15, 0.2) is 18.3 Å². The average molecular weight is 316 g/mol. The molecule has 1 atom stereocenters. The van der Waals surface area contributed by atoms with E-state index in [4.69, 9.17) is 21.8 Å². The van der Waals surface area contributed by atoms with E-state index in [1.807, 2.05) is 0 Å². The summed E-state index contributed by atoms with van der Waals surface area (Å²) in [7, 11) is 1.59. The number of carbonyl (C=O) groups excluding carboxylic acids is 1. The first-order valence-electron chi connectivity index (χ1n) is 5.86. The lowest BCUT2D eigenvalue weighted by Crippen LogP contribution is -2.46. The van der Waals surface area contributed by atoms with Gasteiger partial charge in [0.25, 0.3) is 0 Å². The lowest BCUT2D eigenvalue weighted by Gasteiger charge is -2.19. The van der Waals surface area contributed by atoms with E-state index < -0.39 is 30.3 Å². The number of halogens is 1. The van der Waals surface area contributed by atoms with Crippen LogP contribution >= 0.6 is 11.6 Å². The number of nitrogens with zero attached hydrogens (tertiary/aromatic N) is 2. The Bertz CT molecular complexity index is 534. The third-order valence-electron chi connectivity index (χ3n) is 2.50. The van der Waals surface area contributed by atoms with Crippen molar-refractivity contribution in [2.45, 2.75) is 12.5 Å². The fraction of sp³-hybridized carbons (Fsp3) is 0.333. The zero-order valence-electron chi connectivity index (χ0n) is 11.1. The number of rotatable bonds is 7. The number of hydrogen-bond donors (Lipinski definition) is 3. The van der Waals surface area contributed by atoms with Crippen LogP contribution in [0.3, 0.4) is 0 Å². The molecule has 1 aromatic heterocycles. The van der Waals surface area contributed by atoms with Crippen LogP contribution in [0.5, 0.6) is 0 Å². The summed E-state index contributed by atoms with van der Waals surface area (Å²) in [4.78, 5) is 38.6. The van der Waals surface area contributed by atoms with Crippen molar-refractivity contribution in [1.29, 1.82) is 0 Å². The second kappa shape index (κ2) is 7.44. The first kappa shape index (κ1) is 16.7. The van der Waals surface area contributed by atoms with Crippen molar-refractivity contribution in [3.63, 3.8) is 0 Å². The molecular formula is C12H14ClN3O5. The van der Waals surface area contributed by atoms with Gasteiger partial charge in [-0.15, -0.1) is 0 Å². The van der Waals surface area contributed by atoms with Gasteiger partial charge in [0.2, 0.25) is 5.91 Å². The molecule has 9 heteroatoms. The summed E-state index contributed by atoms with van der Waals surface area (Å²) < 4.78 is 0. The molecule has 0 fully saturated rings. The Balaban J connectivity index is 2.61. The van der Waals surface area contributed by atoms with Crippen molar-refractivity contribution in [1.82, 2.24) is 10.3 Å². The zero-order chi connectivity index (χ0) is 16.0. The van der Waals surface area contributed by atoms with Gasteiger partial charge in [0.15, 0.2) is 0 Å². The maximum Gasteiger partial charge on any atom is 0.326 e. The van der Waals surface area contributed by atoms with E-state index >= 15 is 0 Å². The molecule has 0 bridgehead atoms. The molecular weight excluding hydrogens is 302 g/mol. The van der Waals surface area contributed by atoms with E-state index in [1.165, 1.54) is 11.1 Å². The monoisotopic (exact) mass is 315 g/mol. The molecule has 0 aliphatic rings. The second-order valence-corrected chi connectivity index (χ2v) is 4.68. The molecule has 0 aliphatic heterocycles. The number of pyridine rings is 1. The smallest absolute Gasteiger partial charge is 0.326 e. The van der Waals surface area contributed by atoms with Crippen LogP contribution in [0.2, 0.25) is 5.02 Å². The van der Waals surface area contributed by atoms with Crippen LogP contribution < -0.4 is 10.2 Å². The Hall–Kier alpha value is -2.35. The minimum Gasteiger partial charge on any atom is -0.481 e. The highest BCUT2D eigenvalue weighted by Crippen LogP contribution is 2.12. The molecule has 0 aliphatic carbocycles. The van der Waals surface area contributed by atoms with Crippen LogP contribution in [-0.4, -0.2) is 52.7 Å². The molecule has 114 valence electrons. The second-order valence-electron chi connectivity index (χ2n) is 4.25. The highest BCUT2D eigenvalue weighted by atomic mass is 35.5. The van der Waals surface area contributed by atoms with E-state index in [1.54, 1.807) is 19.2 Å². The number of anilines is 1. The van der Waals surface area contributed by atoms with Crippen LogP contribution in [-0.2, 0) is 14.4 Å². The first-order valence-corrected chi connectivity index (χ1v) is 6.24. The summed E-state index contributed by atoms with van der Waals surface area (Å²) >= 11 is 5.69. The van der Waals surface area contributed by atoms with Crippen molar-refractivity contribution in [3.05, 3.63) is 23.4 Å². The SMILES string of the molecule is CN(CC(=O)N[C@H](CC(=O)O)C(=O)O)c1ccc(Cl)cn1. The van der Waals surface area contributed by atoms with E-state index in [2.05, 4.69) is 10.3 Å². The van der Waals surface area contributed by atoms with Gasteiger partial charge in [-0.1, -0.05) is 11.6 Å². The predicted octanol–water partition coefficient (Wildman–Crippen LogP) is 0.215. The van der Waals surface area contributed by atoms with Gasteiger partial charge in [0.05, 0.1) is 18.0 Å².